The average Bonchev–Trinajstić information content (AvgIpc) is 2.56. The Bertz CT molecular complexity index is 703. The van der Waals surface area contributed by atoms with Crippen molar-refractivity contribution in [3.63, 3.8) is 0 Å². The number of carbonyl (C=O) groups excluding carboxylic acids is 1. The minimum Gasteiger partial charge on any atom is -0.445 e. The number of benzene rings is 2. The number of halogens is 2. The molecule has 1 aliphatic rings. The highest BCUT2D eigenvalue weighted by Crippen LogP contribution is 2.26. The minimum absolute atomic E-state index is 0.000670. The van der Waals surface area contributed by atoms with Gasteiger partial charge in [0.05, 0.1) is 5.69 Å². The zero-order valence-corrected chi connectivity index (χ0v) is 13.0. The number of hydrogen-bond acceptors (Lipinski definition) is 3. The predicted molar refractivity (Wildman–Crippen MR) is 86.6 cm³/mol. The van der Waals surface area contributed by atoms with Crippen molar-refractivity contribution >= 4 is 11.8 Å². The molecule has 0 aliphatic heterocycles. The van der Waals surface area contributed by atoms with E-state index in [1.54, 1.807) is 0 Å². The fraction of sp³-hybridized carbons (Fsp3) is 0.278. The van der Waals surface area contributed by atoms with Crippen molar-refractivity contribution in [2.75, 3.05) is 5.32 Å². The molecule has 0 saturated heterocycles. The Morgan fingerprint density at radius 3 is 2.54 bits per heavy atom. The third kappa shape index (κ3) is 4.01. The first-order chi connectivity index (χ1) is 11.6. The lowest BCUT2D eigenvalue weighted by Crippen LogP contribution is -2.49. The van der Waals surface area contributed by atoms with Crippen molar-refractivity contribution in [2.24, 2.45) is 0 Å². The zero-order valence-electron chi connectivity index (χ0n) is 13.0. The summed E-state index contributed by atoms with van der Waals surface area (Å²) in [5.74, 6) is -1.75. The molecule has 0 radical (unpaired) electrons. The van der Waals surface area contributed by atoms with Gasteiger partial charge in [-0.15, -0.1) is 0 Å². The van der Waals surface area contributed by atoms with Crippen LogP contribution >= 0.6 is 0 Å². The first-order valence-electron chi connectivity index (χ1n) is 7.79. The van der Waals surface area contributed by atoms with Crippen LogP contribution in [-0.4, -0.2) is 18.2 Å². The van der Waals surface area contributed by atoms with Crippen LogP contribution in [0.1, 0.15) is 18.4 Å². The fourth-order valence-corrected chi connectivity index (χ4v) is 2.62. The van der Waals surface area contributed by atoms with Gasteiger partial charge in [-0.1, -0.05) is 36.4 Å². The van der Waals surface area contributed by atoms with E-state index in [9.17, 15) is 13.6 Å². The number of amides is 1. The summed E-state index contributed by atoms with van der Waals surface area (Å²) >= 11 is 0. The van der Waals surface area contributed by atoms with E-state index < -0.39 is 17.7 Å². The first-order valence-corrected chi connectivity index (χ1v) is 7.79. The van der Waals surface area contributed by atoms with E-state index in [0.717, 1.165) is 11.6 Å². The second-order valence-electron chi connectivity index (χ2n) is 5.82. The molecule has 1 saturated carbocycles. The summed E-state index contributed by atoms with van der Waals surface area (Å²) in [4.78, 5) is 11.7. The monoisotopic (exact) mass is 332 g/mol. The Morgan fingerprint density at radius 1 is 1.04 bits per heavy atom. The number of carbonyl (C=O) groups is 1. The number of anilines is 1. The van der Waals surface area contributed by atoms with Crippen LogP contribution < -0.4 is 10.6 Å². The lowest BCUT2D eigenvalue weighted by atomic mass is 9.86. The molecule has 0 aromatic heterocycles. The third-order valence-corrected chi connectivity index (χ3v) is 3.98. The smallest absolute Gasteiger partial charge is 0.407 e. The molecule has 2 aromatic rings. The highest BCUT2D eigenvalue weighted by Gasteiger charge is 2.31. The molecule has 4 nitrogen and oxygen atoms in total. The molecule has 0 spiro atoms. The van der Waals surface area contributed by atoms with Crippen molar-refractivity contribution in [3.8, 4) is 0 Å². The Balaban J connectivity index is 1.39. The van der Waals surface area contributed by atoms with Gasteiger partial charge in [0.1, 0.15) is 6.61 Å². The number of alkyl carbamates (subject to hydrolysis) is 1. The molecular weight excluding hydrogens is 314 g/mol. The van der Waals surface area contributed by atoms with Crippen LogP contribution in [0.2, 0.25) is 0 Å². The van der Waals surface area contributed by atoms with Gasteiger partial charge in [-0.05, 0) is 30.5 Å². The number of nitrogens with one attached hydrogen (secondary N) is 2. The van der Waals surface area contributed by atoms with Crippen LogP contribution in [0.3, 0.4) is 0 Å². The highest BCUT2D eigenvalue weighted by atomic mass is 19.2. The molecule has 0 unspecified atom stereocenters. The Labute approximate surface area is 138 Å². The third-order valence-electron chi connectivity index (χ3n) is 3.98. The number of rotatable bonds is 5. The molecular formula is C18H18F2N2O2. The first kappa shape index (κ1) is 16.2. The van der Waals surface area contributed by atoms with E-state index in [0.29, 0.717) is 12.8 Å². The average molecular weight is 332 g/mol. The van der Waals surface area contributed by atoms with E-state index in [2.05, 4.69) is 10.6 Å². The molecule has 126 valence electrons. The SMILES string of the molecule is O=C(NC1CC(Nc2cccc(F)c2F)C1)OCc1ccccc1. The van der Waals surface area contributed by atoms with E-state index in [1.165, 1.54) is 12.1 Å². The largest absolute Gasteiger partial charge is 0.445 e. The maximum absolute atomic E-state index is 13.6. The van der Waals surface area contributed by atoms with Crippen molar-refractivity contribution in [3.05, 3.63) is 65.7 Å². The summed E-state index contributed by atoms with van der Waals surface area (Å²) in [6, 6.07) is 13.4. The number of hydrogen-bond donors (Lipinski definition) is 2. The van der Waals surface area contributed by atoms with Gasteiger partial charge in [-0.2, -0.15) is 0 Å². The van der Waals surface area contributed by atoms with Crippen LogP contribution in [0.5, 0.6) is 0 Å². The molecule has 3 rings (SSSR count). The molecule has 6 heteroatoms. The van der Waals surface area contributed by atoms with Crippen molar-refractivity contribution < 1.29 is 18.3 Å². The van der Waals surface area contributed by atoms with Gasteiger partial charge in [0.25, 0.3) is 0 Å². The second-order valence-corrected chi connectivity index (χ2v) is 5.82. The van der Waals surface area contributed by atoms with Gasteiger partial charge in [-0.25, -0.2) is 13.6 Å². The van der Waals surface area contributed by atoms with Crippen molar-refractivity contribution in [1.29, 1.82) is 0 Å². The maximum atomic E-state index is 13.6. The highest BCUT2D eigenvalue weighted by molar-refractivity contribution is 5.67. The zero-order chi connectivity index (χ0) is 16.9. The summed E-state index contributed by atoms with van der Waals surface area (Å²) in [6.07, 6.45) is 0.798. The van der Waals surface area contributed by atoms with Gasteiger partial charge < -0.3 is 15.4 Å². The van der Waals surface area contributed by atoms with Gasteiger partial charge >= 0.3 is 6.09 Å². The molecule has 0 atom stereocenters. The second kappa shape index (κ2) is 7.29. The number of ether oxygens (including phenoxy) is 1. The Hall–Kier alpha value is -2.63. The molecule has 1 amide bonds. The molecule has 2 N–H and O–H groups in total. The molecule has 2 aromatic carbocycles. The fourth-order valence-electron chi connectivity index (χ4n) is 2.62. The van der Waals surface area contributed by atoms with Gasteiger partial charge in [0.15, 0.2) is 11.6 Å². The minimum atomic E-state index is -0.879. The van der Waals surface area contributed by atoms with Crippen molar-refractivity contribution in [2.45, 2.75) is 31.5 Å². The maximum Gasteiger partial charge on any atom is 0.407 e. The summed E-state index contributed by atoms with van der Waals surface area (Å²) in [7, 11) is 0. The lowest BCUT2D eigenvalue weighted by molar-refractivity contribution is 0.129. The molecule has 1 fully saturated rings. The predicted octanol–water partition coefficient (Wildman–Crippen LogP) is 3.83. The molecule has 1 aliphatic carbocycles. The van der Waals surface area contributed by atoms with E-state index >= 15 is 0 Å². The quantitative estimate of drug-likeness (QED) is 0.875. The summed E-state index contributed by atoms with van der Waals surface area (Å²) in [5, 5.41) is 5.70. The normalized spacial score (nSPS) is 19.2. The summed E-state index contributed by atoms with van der Waals surface area (Å²) in [6.45, 7) is 0.218. The molecule has 0 bridgehead atoms. The lowest BCUT2D eigenvalue weighted by Gasteiger charge is -2.36. The van der Waals surface area contributed by atoms with Gasteiger partial charge in [-0.3, -0.25) is 0 Å². The Morgan fingerprint density at radius 2 is 1.79 bits per heavy atom. The summed E-state index contributed by atoms with van der Waals surface area (Å²) < 4.78 is 31.8. The van der Waals surface area contributed by atoms with Crippen LogP contribution in [0, 0.1) is 11.6 Å². The van der Waals surface area contributed by atoms with Crippen LogP contribution in [-0.2, 0) is 11.3 Å². The molecule has 0 heterocycles. The van der Waals surface area contributed by atoms with Crippen LogP contribution in [0.25, 0.3) is 0 Å². The van der Waals surface area contributed by atoms with E-state index in [4.69, 9.17) is 4.74 Å². The topological polar surface area (TPSA) is 50.4 Å². The van der Waals surface area contributed by atoms with Crippen LogP contribution in [0.15, 0.2) is 48.5 Å². The van der Waals surface area contributed by atoms with Gasteiger partial charge in [0.2, 0.25) is 0 Å². The Kier molecular flexibility index (Phi) is 4.93. The van der Waals surface area contributed by atoms with E-state index in [1.807, 2.05) is 30.3 Å². The summed E-state index contributed by atoms with van der Waals surface area (Å²) in [5.41, 5.74) is 1.06. The molecule has 24 heavy (non-hydrogen) atoms. The van der Waals surface area contributed by atoms with Crippen LogP contribution in [0.4, 0.5) is 19.3 Å². The van der Waals surface area contributed by atoms with Crippen molar-refractivity contribution in [1.82, 2.24) is 5.32 Å². The van der Waals surface area contributed by atoms with E-state index in [-0.39, 0.29) is 24.4 Å². The van der Waals surface area contributed by atoms with Gasteiger partial charge in [0, 0.05) is 12.1 Å². The standard InChI is InChI=1S/C18H18F2N2O2/c19-15-7-4-8-16(17(15)20)21-13-9-14(10-13)22-18(23)24-11-12-5-2-1-3-6-12/h1-8,13-14,21H,9-11H2,(H,22,23).